The maximum absolute atomic E-state index is 15.0. The number of aromatic nitrogens is 1. The monoisotopic (exact) mass is 607 g/mol. The first-order valence-electron chi connectivity index (χ1n) is 13.4. The molecule has 1 spiro atoms. The Labute approximate surface area is 252 Å². The van der Waals surface area contributed by atoms with Crippen molar-refractivity contribution in [2.45, 2.75) is 19.0 Å². The summed E-state index contributed by atoms with van der Waals surface area (Å²) in [7, 11) is 0. The van der Waals surface area contributed by atoms with Crippen molar-refractivity contribution in [3.05, 3.63) is 134 Å². The van der Waals surface area contributed by atoms with Crippen LogP contribution in [0.3, 0.4) is 0 Å². The standard InChI is InChI=1S/C33H19ClFN3O4S/c1-17-6-13-25-21(14-17)28(39)27-29(42-25)30(40)38(32-36-23-12-9-19(34)15-26(23)43-32)33(27)22-4-2-3-5-24(22)37(31(33)41)16-18-7-10-20(35)11-8-18/h2-15H,16H2,1H3. The van der Waals surface area contributed by atoms with E-state index in [0.717, 1.165) is 5.56 Å². The fraction of sp³-hybridized carbons (Fsp3) is 0.0909. The SMILES string of the molecule is Cc1ccc2oc3c(c(=O)c2c1)C1(C(=O)N(Cc2ccc(F)cc2)c2ccccc21)N(c1nc2ccc(Cl)cc2s1)C3=O. The predicted octanol–water partition coefficient (Wildman–Crippen LogP) is 6.95. The zero-order valence-corrected chi connectivity index (χ0v) is 24.0. The first kappa shape index (κ1) is 25.8. The van der Waals surface area contributed by atoms with Crippen LogP contribution in [0.2, 0.25) is 5.02 Å². The van der Waals surface area contributed by atoms with Gasteiger partial charge in [-0.2, -0.15) is 0 Å². The van der Waals surface area contributed by atoms with E-state index in [1.807, 2.05) is 6.92 Å². The Morgan fingerprint density at radius 3 is 2.58 bits per heavy atom. The zero-order chi connectivity index (χ0) is 29.6. The number of nitrogens with zero attached hydrogens (tertiary/aromatic N) is 3. The number of rotatable bonds is 3. The van der Waals surface area contributed by atoms with Crippen LogP contribution in [0, 0.1) is 12.7 Å². The van der Waals surface area contributed by atoms with Crippen LogP contribution in [0.4, 0.5) is 15.2 Å². The van der Waals surface area contributed by atoms with Crippen molar-refractivity contribution in [1.82, 2.24) is 4.98 Å². The van der Waals surface area contributed by atoms with E-state index in [4.69, 9.17) is 21.0 Å². The van der Waals surface area contributed by atoms with Gasteiger partial charge in [-0.05, 0) is 61.0 Å². The number of hydrogen-bond acceptors (Lipinski definition) is 6. The second kappa shape index (κ2) is 9.07. The third-order valence-corrected chi connectivity index (χ3v) is 9.30. The van der Waals surface area contributed by atoms with Crippen molar-refractivity contribution in [1.29, 1.82) is 0 Å². The molecule has 2 amide bonds. The van der Waals surface area contributed by atoms with Crippen LogP contribution in [0.1, 0.15) is 32.8 Å². The molecule has 4 aromatic carbocycles. The molecule has 0 aliphatic carbocycles. The molecule has 1 atom stereocenters. The number of halogens is 2. The van der Waals surface area contributed by atoms with E-state index in [0.29, 0.717) is 32.1 Å². The summed E-state index contributed by atoms with van der Waals surface area (Å²) in [6.07, 6.45) is 0. The Balaban J connectivity index is 1.45. The zero-order valence-electron chi connectivity index (χ0n) is 22.4. The van der Waals surface area contributed by atoms with Crippen LogP contribution < -0.4 is 15.2 Å². The quantitative estimate of drug-likeness (QED) is 0.217. The molecule has 1 unspecified atom stereocenters. The topological polar surface area (TPSA) is 83.7 Å². The average molecular weight is 608 g/mol. The predicted molar refractivity (Wildman–Crippen MR) is 163 cm³/mol. The summed E-state index contributed by atoms with van der Waals surface area (Å²) < 4.78 is 20.6. The van der Waals surface area contributed by atoms with Gasteiger partial charge >= 0.3 is 0 Å². The second-order valence-electron chi connectivity index (χ2n) is 10.6. The molecule has 0 radical (unpaired) electrons. The van der Waals surface area contributed by atoms with Crippen molar-refractivity contribution in [3.8, 4) is 0 Å². The van der Waals surface area contributed by atoms with Crippen molar-refractivity contribution < 1.29 is 18.4 Å². The van der Waals surface area contributed by atoms with E-state index >= 15 is 4.79 Å². The van der Waals surface area contributed by atoms with E-state index in [9.17, 15) is 14.0 Å². The van der Waals surface area contributed by atoms with E-state index in [1.165, 1.54) is 33.3 Å². The summed E-state index contributed by atoms with van der Waals surface area (Å²) in [5.41, 5.74) is 0.907. The smallest absolute Gasteiger partial charge is 0.297 e. The molecule has 0 N–H and O–H groups in total. The van der Waals surface area contributed by atoms with Crippen molar-refractivity contribution in [2.75, 3.05) is 9.80 Å². The molecule has 0 saturated heterocycles. The van der Waals surface area contributed by atoms with E-state index in [1.54, 1.807) is 72.8 Å². The molecule has 2 aliphatic rings. The number of aryl methyl sites for hydroxylation is 1. The average Bonchev–Trinajstić information content (AvgIpc) is 3.60. The molecule has 0 saturated carbocycles. The number of amides is 2. The molecule has 8 rings (SSSR count). The van der Waals surface area contributed by atoms with Crippen LogP contribution in [-0.2, 0) is 16.9 Å². The van der Waals surface area contributed by atoms with Gasteiger partial charge in [0.25, 0.3) is 11.8 Å². The molecule has 0 bridgehead atoms. The number of hydrogen-bond donors (Lipinski definition) is 0. The van der Waals surface area contributed by atoms with Crippen molar-refractivity contribution in [3.63, 3.8) is 0 Å². The number of benzene rings is 4. The maximum Gasteiger partial charge on any atom is 0.297 e. The lowest BCUT2D eigenvalue weighted by Gasteiger charge is -2.32. The maximum atomic E-state index is 15.0. The van der Waals surface area contributed by atoms with Gasteiger partial charge in [-0.15, -0.1) is 0 Å². The highest BCUT2D eigenvalue weighted by Crippen LogP contribution is 2.55. The Morgan fingerprint density at radius 2 is 1.77 bits per heavy atom. The molecule has 2 aliphatic heterocycles. The third kappa shape index (κ3) is 3.52. The number of anilines is 2. The summed E-state index contributed by atoms with van der Waals surface area (Å²) in [6, 6.07) is 23.3. The lowest BCUT2D eigenvalue weighted by molar-refractivity contribution is -0.121. The number of fused-ring (bicyclic) bond motifs is 6. The lowest BCUT2D eigenvalue weighted by atomic mass is 9.84. The summed E-state index contributed by atoms with van der Waals surface area (Å²) in [5, 5.41) is 0.992. The van der Waals surface area contributed by atoms with Crippen LogP contribution in [0.25, 0.3) is 21.2 Å². The number of thiazole rings is 1. The van der Waals surface area contributed by atoms with Crippen LogP contribution in [0.15, 0.2) is 94.1 Å². The highest BCUT2D eigenvalue weighted by molar-refractivity contribution is 7.22. The van der Waals surface area contributed by atoms with Crippen LogP contribution >= 0.6 is 22.9 Å². The Hall–Kier alpha value is -4.86. The molecular formula is C33H19ClFN3O4S. The molecular weight excluding hydrogens is 589 g/mol. The molecule has 0 fully saturated rings. The minimum atomic E-state index is -1.89. The molecule has 10 heteroatoms. The first-order valence-corrected chi connectivity index (χ1v) is 14.6. The number of carbonyl (C=O) groups is 2. The molecule has 210 valence electrons. The van der Waals surface area contributed by atoms with Gasteiger partial charge in [-0.1, -0.05) is 64.9 Å². The highest BCUT2D eigenvalue weighted by atomic mass is 35.5. The molecule has 6 aromatic rings. The van der Waals surface area contributed by atoms with Gasteiger partial charge in [-0.25, -0.2) is 9.37 Å². The summed E-state index contributed by atoms with van der Waals surface area (Å²) >= 11 is 7.45. The number of para-hydroxylation sites is 1. The Kier molecular flexibility index (Phi) is 5.44. The molecule has 2 aromatic heterocycles. The van der Waals surface area contributed by atoms with Crippen molar-refractivity contribution in [2.24, 2.45) is 0 Å². The highest BCUT2D eigenvalue weighted by Gasteiger charge is 2.66. The lowest BCUT2D eigenvalue weighted by Crippen LogP contribution is -2.53. The van der Waals surface area contributed by atoms with Crippen LogP contribution in [0.5, 0.6) is 0 Å². The summed E-state index contributed by atoms with van der Waals surface area (Å²) in [4.78, 5) is 51.5. The summed E-state index contributed by atoms with van der Waals surface area (Å²) in [6.45, 7) is 1.94. The molecule has 4 heterocycles. The van der Waals surface area contributed by atoms with Crippen LogP contribution in [-0.4, -0.2) is 16.8 Å². The first-order chi connectivity index (χ1) is 20.8. The van der Waals surface area contributed by atoms with E-state index in [-0.39, 0.29) is 34.0 Å². The minimum Gasteiger partial charge on any atom is -0.450 e. The fourth-order valence-corrected chi connectivity index (χ4v) is 7.48. The van der Waals surface area contributed by atoms with Gasteiger partial charge in [0.15, 0.2) is 16.1 Å². The fourth-order valence-electron chi connectivity index (χ4n) is 6.19. The molecule has 43 heavy (non-hydrogen) atoms. The van der Waals surface area contributed by atoms with Gasteiger partial charge in [0.05, 0.1) is 33.4 Å². The second-order valence-corrected chi connectivity index (χ2v) is 12.1. The van der Waals surface area contributed by atoms with E-state index < -0.39 is 28.6 Å². The Bertz CT molecular complexity index is 2250. The summed E-state index contributed by atoms with van der Waals surface area (Å²) in [5.74, 6) is -1.76. The largest absolute Gasteiger partial charge is 0.450 e. The normalized spacial score (nSPS) is 17.5. The Morgan fingerprint density at radius 1 is 0.977 bits per heavy atom. The van der Waals surface area contributed by atoms with Gasteiger partial charge in [0.2, 0.25) is 5.76 Å². The van der Waals surface area contributed by atoms with Gasteiger partial charge in [0.1, 0.15) is 11.4 Å². The van der Waals surface area contributed by atoms with Gasteiger partial charge < -0.3 is 9.32 Å². The number of carbonyl (C=O) groups excluding carboxylic acids is 2. The van der Waals surface area contributed by atoms with Gasteiger partial charge in [-0.3, -0.25) is 19.3 Å². The third-order valence-electron chi connectivity index (χ3n) is 8.06. The van der Waals surface area contributed by atoms with Gasteiger partial charge in [0, 0.05) is 10.6 Å². The van der Waals surface area contributed by atoms with Crippen molar-refractivity contribution >= 4 is 66.8 Å². The van der Waals surface area contributed by atoms with E-state index in [2.05, 4.69) is 0 Å². The minimum absolute atomic E-state index is 0.0491. The molecule has 7 nitrogen and oxygen atoms in total.